The molecule has 0 fully saturated rings. The summed E-state index contributed by atoms with van der Waals surface area (Å²) >= 11 is 5.58. The van der Waals surface area contributed by atoms with Crippen LogP contribution in [0.25, 0.3) is 0 Å². The molecule has 0 aliphatic rings. The number of hydrazine groups is 1. The third kappa shape index (κ3) is 3.50. The van der Waals surface area contributed by atoms with E-state index in [-0.39, 0.29) is 22.3 Å². The van der Waals surface area contributed by atoms with Crippen molar-refractivity contribution in [1.82, 2.24) is 9.97 Å². The van der Waals surface area contributed by atoms with Gasteiger partial charge in [0.2, 0.25) is 5.82 Å². The Morgan fingerprint density at radius 3 is 2.43 bits per heavy atom. The summed E-state index contributed by atoms with van der Waals surface area (Å²) in [4.78, 5) is 6.44. The van der Waals surface area contributed by atoms with E-state index in [9.17, 15) is 17.6 Å². The van der Waals surface area contributed by atoms with Crippen LogP contribution in [-0.4, -0.2) is 9.97 Å². The molecule has 1 heterocycles. The molecule has 0 spiro atoms. The van der Waals surface area contributed by atoms with Crippen molar-refractivity contribution < 1.29 is 17.6 Å². The molecule has 0 saturated carbocycles. The number of nitrogen functional groups attached to an aromatic ring is 1. The molecular formula is C11H8ClF4N5. The second-order valence-corrected chi connectivity index (χ2v) is 4.24. The van der Waals surface area contributed by atoms with E-state index < -0.39 is 17.8 Å². The van der Waals surface area contributed by atoms with Gasteiger partial charge in [0.1, 0.15) is 11.6 Å². The zero-order valence-corrected chi connectivity index (χ0v) is 10.9. The number of hydrogen-bond acceptors (Lipinski definition) is 5. The number of anilines is 3. The minimum absolute atomic E-state index is 0.128. The number of rotatable bonds is 3. The maximum atomic E-state index is 13.7. The van der Waals surface area contributed by atoms with Gasteiger partial charge in [0, 0.05) is 6.07 Å². The number of aromatic nitrogens is 2. The molecule has 1 aromatic heterocycles. The number of halogens is 5. The van der Waals surface area contributed by atoms with Gasteiger partial charge in [0.05, 0.1) is 10.7 Å². The zero-order valence-electron chi connectivity index (χ0n) is 10.2. The molecule has 0 bridgehead atoms. The highest BCUT2D eigenvalue weighted by atomic mass is 35.5. The molecule has 0 atom stereocenters. The molecule has 0 aliphatic carbocycles. The summed E-state index contributed by atoms with van der Waals surface area (Å²) in [5.41, 5.74) is 1.85. The summed E-state index contributed by atoms with van der Waals surface area (Å²) in [6.45, 7) is 0. The number of benzene rings is 1. The van der Waals surface area contributed by atoms with Gasteiger partial charge < -0.3 is 10.7 Å². The van der Waals surface area contributed by atoms with Crippen LogP contribution in [0.1, 0.15) is 5.82 Å². The lowest BCUT2D eigenvalue weighted by atomic mass is 10.3. The minimum Gasteiger partial charge on any atom is -0.338 e. The van der Waals surface area contributed by atoms with Crippen molar-refractivity contribution in [3.63, 3.8) is 0 Å². The highest BCUT2D eigenvalue weighted by molar-refractivity contribution is 6.31. The Kier molecular flexibility index (Phi) is 4.14. The van der Waals surface area contributed by atoms with Crippen LogP contribution in [0.2, 0.25) is 5.02 Å². The maximum absolute atomic E-state index is 13.7. The lowest BCUT2D eigenvalue weighted by molar-refractivity contribution is -0.144. The predicted molar refractivity (Wildman–Crippen MR) is 69.5 cm³/mol. The lowest BCUT2D eigenvalue weighted by Gasteiger charge is -2.12. The topological polar surface area (TPSA) is 75.9 Å². The summed E-state index contributed by atoms with van der Waals surface area (Å²) in [6, 6.07) is 5.12. The van der Waals surface area contributed by atoms with Gasteiger partial charge in [-0.15, -0.1) is 0 Å². The van der Waals surface area contributed by atoms with Gasteiger partial charge >= 0.3 is 6.18 Å². The molecule has 0 aliphatic heterocycles. The van der Waals surface area contributed by atoms with E-state index in [1.807, 2.05) is 5.43 Å². The monoisotopic (exact) mass is 321 g/mol. The van der Waals surface area contributed by atoms with Crippen molar-refractivity contribution in [3.05, 3.63) is 40.9 Å². The second kappa shape index (κ2) is 5.70. The summed E-state index contributed by atoms with van der Waals surface area (Å²) in [5, 5.41) is 2.22. The van der Waals surface area contributed by atoms with Crippen LogP contribution in [0.4, 0.5) is 34.9 Å². The Morgan fingerprint density at radius 2 is 1.81 bits per heavy atom. The molecule has 112 valence electrons. The summed E-state index contributed by atoms with van der Waals surface area (Å²) in [6.07, 6.45) is -4.77. The maximum Gasteiger partial charge on any atom is 0.451 e. The highest BCUT2D eigenvalue weighted by Crippen LogP contribution is 2.30. The van der Waals surface area contributed by atoms with E-state index in [0.29, 0.717) is 0 Å². The Labute approximate surface area is 121 Å². The van der Waals surface area contributed by atoms with Gasteiger partial charge in [0.25, 0.3) is 0 Å². The van der Waals surface area contributed by atoms with Crippen LogP contribution in [0.15, 0.2) is 24.3 Å². The normalized spacial score (nSPS) is 11.3. The van der Waals surface area contributed by atoms with E-state index in [0.717, 1.165) is 6.07 Å². The van der Waals surface area contributed by atoms with Crippen molar-refractivity contribution in [2.45, 2.75) is 6.18 Å². The molecule has 0 radical (unpaired) electrons. The second-order valence-electron chi connectivity index (χ2n) is 3.83. The molecule has 0 amide bonds. The highest BCUT2D eigenvalue weighted by Gasteiger charge is 2.35. The van der Waals surface area contributed by atoms with Crippen molar-refractivity contribution >= 4 is 28.9 Å². The third-order valence-electron chi connectivity index (χ3n) is 2.34. The van der Waals surface area contributed by atoms with E-state index in [4.69, 9.17) is 17.4 Å². The fourth-order valence-electron chi connectivity index (χ4n) is 1.45. The van der Waals surface area contributed by atoms with E-state index in [2.05, 4.69) is 15.3 Å². The van der Waals surface area contributed by atoms with Crippen LogP contribution in [-0.2, 0) is 6.18 Å². The van der Waals surface area contributed by atoms with Crippen molar-refractivity contribution in [1.29, 1.82) is 0 Å². The summed E-state index contributed by atoms with van der Waals surface area (Å²) in [7, 11) is 0. The van der Waals surface area contributed by atoms with Gasteiger partial charge in [-0.05, 0) is 12.1 Å². The largest absolute Gasteiger partial charge is 0.451 e. The number of nitrogens with zero attached hydrogens (tertiary/aromatic N) is 2. The van der Waals surface area contributed by atoms with Gasteiger partial charge in [-0.1, -0.05) is 17.7 Å². The average Bonchev–Trinajstić information content (AvgIpc) is 2.42. The Bertz CT molecular complexity index is 662. The Morgan fingerprint density at radius 1 is 1.14 bits per heavy atom. The number of hydrogen-bond donors (Lipinski definition) is 3. The zero-order chi connectivity index (χ0) is 15.6. The smallest absolute Gasteiger partial charge is 0.338 e. The van der Waals surface area contributed by atoms with Crippen LogP contribution in [0.3, 0.4) is 0 Å². The van der Waals surface area contributed by atoms with Gasteiger partial charge in [-0.25, -0.2) is 20.2 Å². The standard InChI is InChI=1S/C11H8ClF4N5/c12-5-2-1-3-6(9(5)13)18-7-4-8(21-17)20-10(19-7)11(14,15)16/h1-4H,17H2,(H2,18,19,20,21). The molecular weight excluding hydrogens is 314 g/mol. The first kappa shape index (κ1) is 15.3. The predicted octanol–water partition coefficient (Wildman–Crippen LogP) is 3.32. The number of nitrogens with one attached hydrogen (secondary N) is 2. The number of alkyl halides is 3. The third-order valence-corrected chi connectivity index (χ3v) is 2.63. The fourth-order valence-corrected chi connectivity index (χ4v) is 1.62. The SMILES string of the molecule is NNc1cc(Nc2cccc(Cl)c2F)nc(C(F)(F)F)n1. The van der Waals surface area contributed by atoms with E-state index in [1.54, 1.807) is 0 Å². The van der Waals surface area contributed by atoms with Gasteiger partial charge in [-0.2, -0.15) is 13.2 Å². The molecule has 10 heteroatoms. The first-order valence-electron chi connectivity index (χ1n) is 5.45. The Balaban J connectivity index is 2.42. The van der Waals surface area contributed by atoms with Crippen molar-refractivity contribution in [2.24, 2.45) is 5.84 Å². The molecule has 21 heavy (non-hydrogen) atoms. The van der Waals surface area contributed by atoms with Crippen LogP contribution < -0.4 is 16.6 Å². The van der Waals surface area contributed by atoms with Crippen LogP contribution in [0, 0.1) is 5.82 Å². The van der Waals surface area contributed by atoms with Gasteiger partial charge in [0.15, 0.2) is 5.82 Å². The van der Waals surface area contributed by atoms with Gasteiger partial charge in [-0.3, -0.25) is 0 Å². The van der Waals surface area contributed by atoms with Crippen LogP contribution >= 0.6 is 11.6 Å². The molecule has 5 nitrogen and oxygen atoms in total. The molecule has 4 N–H and O–H groups in total. The lowest BCUT2D eigenvalue weighted by Crippen LogP contribution is -2.16. The van der Waals surface area contributed by atoms with Crippen LogP contribution in [0.5, 0.6) is 0 Å². The molecule has 1 aromatic carbocycles. The quantitative estimate of drug-likeness (QED) is 0.459. The first-order chi connectivity index (χ1) is 9.81. The summed E-state index contributed by atoms with van der Waals surface area (Å²) < 4.78 is 51.7. The molecule has 0 unspecified atom stereocenters. The molecule has 2 rings (SSSR count). The van der Waals surface area contributed by atoms with E-state index >= 15 is 0 Å². The molecule has 0 saturated heterocycles. The minimum atomic E-state index is -4.77. The summed E-state index contributed by atoms with van der Waals surface area (Å²) in [5.74, 6) is 2.26. The average molecular weight is 322 g/mol. The first-order valence-corrected chi connectivity index (χ1v) is 5.83. The van der Waals surface area contributed by atoms with Crippen molar-refractivity contribution in [3.8, 4) is 0 Å². The van der Waals surface area contributed by atoms with Crippen molar-refractivity contribution in [2.75, 3.05) is 10.7 Å². The van der Waals surface area contributed by atoms with E-state index in [1.165, 1.54) is 18.2 Å². The molecule has 2 aromatic rings. The fraction of sp³-hybridized carbons (Fsp3) is 0.0909. The Hall–Kier alpha value is -2.13. The number of nitrogens with two attached hydrogens (primary N) is 1.